The molecular weight excluding hydrogens is 217 g/mol. The summed E-state index contributed by atoms with van der Waals surface area (Å²) >= 11 is 0.937. The van der Waals surface area contributed by atoms with Crippen molar-refractivity contribution in [2.45, 2.75) is 6.92 Å². The number of hydrogen-bond acceptors (Lipinski definition) is 3. The lowest BCUT2D eigenvalue weighted by atomic mass is 10.1. The Kier molecular flexibility index (Phi) is 2.12. The lowest BCUT2D eigenvalue weighted by Gasteiger charge is -1.96. The number of benzene rings is 1. The Morgan fingerprint density at radius 2 is 2.20 bits per heavy atom. The molecule has 3 nitrogen and oxygen atoms in total. The van der Waals surface area contributed by atoms with Crippen LogP contribution in [0.3, 0.4) is 0 Å². The Morgan fingerprint density at radius 1 is 1.53 bits per heavy atom. The van der Waals surface area contributed by atoms with Gasteiger partial charge in [0.25, 0.3) is 0 Å². The molecule has 2 aromatic rings. The topological polar surface area (TPSA) is 63.3 Å². The number of halogens is 1. The van der Waals surface area contributed by atoms with Crippen LogP contribution < -0.4 is 5.73 Å². The number of carboxylic acid groups (broad SMARTS) is 1. The van der Waals surface area contributed by atoms with Crippen LogP contribution in [0, 0.1) is 12.7 Å². The summed E-state index contributed by atoms with van der Waals surface area (Å²) in [7, 11) is 0. The molecule has 0 saturated heterocycles. The van der Waals surface area contributed by atoms with Gasteiger partial charge in [-0.15, -0.1) is 11.3 Å². The zero-order valence-electron chi connectivity index (χ0n) is 7.87. The van der Waals surface area contributed by atoms with Gasteiger partial charge < -0.3 is 10.8 Å². The Balaban J connectivity index is 2.88. The molecule has 0 spiro atoms. The van der Waals surface area contributed by atoms with Gasteiger partial charge in [-0.3, -0.25) is 0 Å². The van der Waals surface area contributed by atoms with Crippen LogP contribution in [0.25, 0.3) is 10.1 Å². The second-order valence-electron chi connectivity index (χ2n) is 3.24. The molecular formula is C10H8FNO2S. The van der Waals surface area contributed by atoms with E-state index >= 15 is 0 Å². The van der Waals surface area contributed by atoms with Crippen molar-refractivity contribution in [2.24, 2.45) is 0 Å². The van der Waals surface area contributed by atoms with Crippen molar-refractivity contribution in [1.82, 2.24) is 0 Å². The Bertz CT molecular complexity index is 562. The van der Waals surface area contributed by atoms with Gasteiger partial charge in [0.15, 0.2) is 0 Å². The van der Waals surface area contributed by atoms with Crippen LogP contribution in [0.5, 0.6) is 0 Å². The Labute approximate surface area is 88.9 Å². The molecule has 0 bridgehead atoms. The highest BCUT2D eigenvalue weighted by molar-refractivity contribution is 7.21. The van der Waals surface area contributed by atoms with E-state index in [1.54, 1.807) is 13.0 Å². The second kappa shape index (κ2) is 3.20. The van der Waals surface area contributed by atoms with Gasteiger partial charge in [0.2, 0.25) is 0 Å². The van der Waals surface area contributed by atoms with Crippen molar-refractivity contribution in [1.29, 1.82) is 0 Å². The van der Waals surface area contributed by atoms with Gasteiger partial charge in [-0.2, -0.15) is 0 Å². The van der Waals surface area contributed by atoms with Crippen LogP contribution in [0.15, 0.2) is 12.1 Å². The number of aromatic carboxylic acids is 1. The van der Waals surface area contributed by atoms with Crippen molar-refractivity contribution in [3.05, 3.63) is 28.4 Å². The van der Waals surface area contributed by atoms with Gasteiger partial charge >= 0.3 is 5.97 Å². The van der Waals surface area contributed by atoms with E-state index in [0.29, 0.717) is 21.3 Å². The lowest BCUT2D eigenvalue weighted by Crippen LogP contribution is -1.93. The van der Waals surface area contributed by atoms with Crippen molar-refractivity contribution in [3.8, 4) is 0 Å². The standard InChI is InChI=1S/C10H8FNO2S/c1-4-6-2-5(12)3-7(11)9(6)15-8(4)10(13)14/h2-3H,12H2,1H3,(H,13,14). The number of rotatable bonds is 1. The Morgan fingerprint density at radius 3 is 2.80 bits per heavy atom. The molecule has 0 radical (unpaired) electrons. The summed E-state index contributed by atoms with van der Waals surface area (Å²) < 4.78 is 13.8. The first-order chi connectivity index (χ1) is 7.00. The molecule has 78 valence electrons. The summed E-state index contributed by atoms with van der Waals surface area (Å²) in [5, 5.41) is 9.46. The summed E-state index contributed by atoms with van der Waals surface area (Å²) in [6.45, 7) is 1.65. The first-order valence-corrected chi connectivity index (χ1v) is 5.03. The van der Waals surface area contributed by atoms with Crippen LogP contribution in [-0.2, 0) is 0 Å². The smallest absolute Gasteiger partial charge is 0.346 e. The number of nitrogens with two attached hydrogens (primary N) is 1. The van der Waals surface area contributed by atoms with E-state index in [4.69, 9.17) is 10.8 Å². The van der Waals surface area contributed by atoms with Gasteiger partial charge in [0.1, 0.15) is 10.7 Å². The zero-order chi connectivity index (χ0) is 11.2. The number of nitrogen functional groups attached to an aromatic ring is 1. The molecule has 0 saturated carbocycles. The fourth-order valence-electron chi connectivity index (χ4n) is 1.50. The molecule has 15 heavy (non-hydrogen) atoms. The van der Waals surface area contributed by atoms with Gasteiger partial charge in [-0.25, -0.2) is 9.18 Å². The summed E-state index contributed by atoms with van der Waals surface area (Å²) in [6.07, 6.45) is 0. The number of thiophene rings is 1. The predicted octanol–water partition coefficient (Wildman–Crippen LogP) is 2.63. The number of carbonyl (C=O) groups is 1. The maximum atomic E-state index is 13.4. The van der Waals surface area contributed by atoms with E-state index < -0.39 is 11.8 Å². The molecule has 1 heterocycles. The summed E-state index contributed by atoms with van der Waals surface area (Å²) in [6, 6.07) is 2.79. The average Bonchev–Trinajstić information content (AvgIpc) is 2.44. The van der Waals surface area contributed by atoms with Gasteiger partial charge in [0, 0.05) is 11.1 Å². The molecule has 1 aromatic heterocycles. The molecule has 0 aliphatic heterocycles. The fourth-order valence-corrected chi connectivity index (χ4v) is 2.53. The monoisotopic (exact) mass is 225 g/mol. The first-order valence-electron chi connectivity index (χ1n) is 4.22. The third-order valence-electron chi connectivity index (χ3n) is 2.21. The minimum absolute atomic E-state index is 0.162. The van der Waals surface area contributed by atoms with Gasteiger partial charge in [-0.05, 0) is 24.6 Å². The van der Waals surface area contributed by atoms with Gasteiger partial charge in [0.05, 0.1) is 4.70 Å². The molecule has 5 heteroatoms. The maximum Gasteiger partial charge on any atom is 0.346 e. The number of aryl methyl sites for hydroxylation is 1. The molecule has 0 fully saturated rings. The SMILES string of the molecule is Cc1c(C(=O)O)sc2c(F)cc(N)cc12. The van der Waals surface area contributed by atoms with Crippen LogP contribution >= 0.6 is 11.3 Å². The fraction of sp³-hybridized carbons (Fsp3) is 0.100. The molecule has 0 amide bonds. The van der Waals surface area contributed by atoms with Crippen LogP contribution in [0.1, 0.15) is 15.2 Å². The number of hydrogen-bond donors (Lipinski definition) is 2. The molecule has 2 rings (SSSR count). The summed E-state index contributed by atoms with van der Waals surface area (Å²) in [5.41, 5.74) is 6.36. The van der Waals surface area contributed by atoms with Crippen LogP contribution in [-0.4, -0.2) is 11.1 Å². The third kappa shape index (κ3) is 1.45. The zero-order valence-corrected chi connectivity index (χ0v) is 8.69. The Hall–Kier alpha value is -1.62. The highest BCUT2D eigenvalue weighted by atomic mass is 32.1. The van der Waals surface area contributed by atoms with Crippen molar-refractivity contribution < 1.29 is 14.3 Å². The minimum Gasteiger partial charge on any atom is -0.477 e. The van der Waals surface area contributed by atoms with Crippen LogP contribution in [0.2, 0.25) is 0 Å². The van der Waals surface area contributed by atoms with E-state index in [-0.39, 0.29) is 4.88 Å². The lowest BCUT2D eigenvalue weighted by molar-refractivity contribution is 0.0701. The molecule has 0 atom stereocenters. The largest absolute Gasteiger partial charge is 0.477 e. The van der Waals surface area contributed by atoms with E-state index in [2.05, 4.69) is 0 Å². The molecule has 0 aliphatic carbocycles. The van der Waals surface area contributed by atoms with E-state index in [1.807, 2.05) is 0 Å². The van der Waals surface area contributed by atoms with Crippen LogP contribution in [0.4, 0.5) is 10.1 Å². The van der Waals surface area contributed by atoms with Crippen molar-refractivity contribution in [3.63, 3.8) is 0 Å². The number of carboxylic acids is 1. The number of fused-ring (bicyclic) bond motifs is 1. The van der Waals surface area contributed by atoms with Crippen molar-refractivity contribution >= 4 is 33.1 Å². The normalized spacial score (nSPS) is 10.8. The van der Waals surface area contributed by atoms with E-state index in [0.717, 1.165) is 11.3 Å². The second-order valence-corrected chi connectivity index (χ2v) is 4.26. The molecule has 1 aromatic carbocycles. The van der Waals surface area contributed by atoms with E-state index in [9.17, 15) is 9.18 Å². The third-order valence-corrected chi connectivity index (χ3v) is 3.51. The molecule has 3 N–H and O–H groups in total. The summed E-state index contributed by atoms with van der Waals surface area (Å²) in [4.78, 5) is 11.0. The van der Waals surface area contributed by atoms with Gasteiger partial charge in [-0.1, -0.05) is 0 Å². The average molecular weight is 225 g/mol. The van der Waals surface area contributed by atoms with Crippen molar-refractivity contribution in [2.75, 3.05) is 5.73 Å². The summed E-state index contributed by atoms with van der Waals surface area (Å²) in [5.74, 6) is -1.50. The molecule has 0 unspecified atom stereocenters. The highest BCUT2D eigenvalue weighted by Crippen LogP contribution is 2.34. The number of anilines is 1. The quantitative estimate of drug-likeness (QED) is 0.733. The maximum absolute atomic E-state index is 13.4. The first kappa shape index (κ1) is 9.92. The molecule has 0 aliphatic rings. The minimum atomic E-state index is -1.04. The van der Waals surface area contributed by atoms with E-state index in [1.165, 1.54) is 6.07 Å². The highest BCUT2D eigenvalue weighted by Gasteiger charge is 2.16. The predicted molar refractivity (Wildman–Crippen MR) is 57.9 cm³/mol.